The minimum absolute atomic E-state index is 0.0177. The molecule has 4 aromatic heterocycles. The van der Waals surface area contributed by atoms with E-state index < -0.39 is 122 Å². The molecule has 10 atom stereocenters. The van der Waals surface area contributed by atoms with Gasteiger partial charge in [0.15, 0.2) is 36.0 Å². The van der Waals surface area contributed by atoms with Gasteiger partial charge >= 0.3 is 42.4 Å². The number of rotatable bonds is 11. The standard InChI is InChI=1S/C28H45N5O8SSi.C20H29N5O8S/c1-14(2)17(31-24(35)40-26(3,4)5)22(34)39-19-18-15(13-37-43(41-18,27(6,7)8)28(9,10)11)38-21(19)33-20-16(42-25(33)36)12-30-23(29)32-20;1-8(2)11(23-18(29)33-20(3,4)5)16(28)32-13-12(27)9(7-26)31-15(13)25-14-10(34-19(25)30)6-22-17(21)24-14/h12,14-15,17-19,21H,13H2,1-11H3,(H,31,35)(H2,29,30,32);6,8-9,11-13,15,26-27H,7H2,1-5H3,(H,23,29)(H2,21,22,24)/t15-,17-,18+,19-,21-;9-,11+,12+,13-,15-/m11/s1. The Kier molecular flexibility index (Phi) is 18.0. The average molecular weight is 1140 g/mol. The maximum atomic E-state index is 13.8. The number of alkyl carbamates (subject to hydrolysis) is 2. The van der Waals surface area contributed by atoms with E-state index in [1.807, 2.05) is 0 Å². The molecule has 3 fully saturated rings. The largest absolute Gasteiger partial charge is 0.453 e. The van der Waals surface area contributed by atoms with Gasteiger partial charge < -0.3 is 69.6 Å². The molecule has 0 aromatic carbocycles. The number of hydrogen-bond donors (Lipinski definition) is 6. The number of carbonyl (C=O) groups is 4. The molecule has 0 radical (unpaired) electrons. The molecule has 0 bridgehead atoms. The zero-order valence-corrected chi connectivity index (χ0v) is 48.9. The Balaban J connectivity index is 0.000000257. The summed E-state index contributed by atoms with van der Waals surface area (Å²) in [4.78, 5) is 93.2. The van der Waals surface area contributed by atoms with Crippen molar-refractivity contribution in [2.24, 2.45) is 11.8 Å². The summed E-state index contributed by atoms with van der Waals surface area (Å²) >= 11 is 1.75. The second kappa shape index (κ2) is 22.8. The van der Waals surface area contributed by atoms with E-state index >= 15 is 0 Å². The summed E-state index contributed by atoms with van der Waals surface area (Å²) in [6.45, 7) is 29.3. The first-order valence-corrected chi connectivity index (χ1v) is 28.5. The number of anilines is 2. The van der Waals surface area contributed by atoms with Crippen molar-refractivity contribution >= 4 is 88.0 Å². The number of nitrogens with two attached hydrogens (primary N) is 2. The second-order valence-electron chi connectivity index (χ2n) is 23.7. The van der Waals surface area contributed by atoms with E-state index in [4.69, 9.17) is 48.7 Å². The summed E-state index contributed by atoms with van der Waals surface area (Å²) in [5, 5.41) is 24.7. The Morgan fingerprint density at radius 3 is 1.53 bits per heavy atom. The number of hydrogen-bond acceptors (Lipinski definition) is 24. The maximum absolute atomic E-state index is 13.8. The fraction of sp³-hybridized carbons (Fsp3) is 0.708. The molecule has 8 N–H and O–H groups in total. The van der Waals surface area contributed by atoms with Crippen LogP contribution in [-0.4, -0.2) is 145 Å². The molecule has 0 unspecified atom stereocenters. The highest BCUT2D eigenvalue weighted by molar-refractivity contribution is 7.16. The smallest absolute Gasteiger partial charge is 0.408 e. The SMILES string of the molecule is CC(C)[C@@H](NC(=O)OC(C)(C)C)C(=O)O[C@@H]1[C@H]2O[Si](C(C)(C)C)(C(C)(C)C)OC[C@H]2O[C@H]1n1c(=O)sc2cnc(N)nc21.CC(C)[C@H](NC(=O)OC(C)(C)C)C(=O)O[C@@H]1[C@@H](O)[C@@H](CO)O[C@H]1n1c(=O)sc2cnc(N)nc21. The van der Waals surface area contributed by atoms with Crippen LogP contribution in [0, 0.1) is 11.8 Å². The molecule has 26 nitrogen and oxygen atoms in total. The Hall–Kier alpha value is -5.40. The second-order valence-corrected chi connectivity index (χ2v) is 30.4. The highest BCUT2D eigenvalue weighted by atomic mass is 32.1. The highest BCUT2D eigenvalue weighted by Gasteiger charge is 2.66. The van der Waals surface area contributed by atoms with Gasteiger partial charge in [-0.3, -0.25) is 18.7 Å². The Morgan fingerprint density at radius 1 is 0.727 bits per heavy atom. The minimum Gasteiger partial charge on any atom is -0.453 e. The molecular weight excluding hydrogens is 1060 g/mol. The van der Waals surface area contributed by atoms with Crippen molar-refractivity contribution in [2.45, 2.75) is 193 Å². The molecule has 0 spiro atoms. The van der Waals surface area contributed by atoms with E-state index in [0.29, 0.717) is 9.40 Å². The molecule has 3 aliphatic heterocycles. The zero-order chi connectivity index (χ0) is 57.7. The van der Waals surface area contributed by atoms with Gasteiger partial charge in [-0.2, -0.15) is 9.97 Å². The third-order valence-electron chi connectivity index (χ3n) is 12.5. The van der Waals surface area contributed by atoms with Crippen molar-refractivity contribution in [2.75, 3.05) is 24.7 Å². The predicted octanol–water partition coefficient (Wildman–Crippen LogP) is 4.40. The monoisotopic (exact) mass is 1140 g/mol. The van der Waals surface area contributed by atoms with E-state index in [9.17, 15) is 39.0 Å². The number of amides is 2. The van der Waals surface area contributed by atoms with E-state index in [1.165, 1.54) is 17.0 Å². The minimum atomic E-state index is -3.05. The lowest BCUT2D eigenvalue weighted by atomic mass is 10.0. The highest BCUT2D eigenvalue weighted by Crippen LogP contribution is 2.56. The molecule has 7 heterocycles. The van der Waals surface area contributed by atoms with Crippen molar-refractivity contribution in [1.82, 2.24) is 39.7 Å². The van der Waals surface area contributed by atoms with Crippen molar-refractivity contribution < 1.29 is 66.7 Å². The lowest BCUT2D eigenvalue weighted by Crippen LogP contribution is -2.65. The molecular formula is C48H74N10O16S2Si. The van der Waals surface area contributed by atoms with Gasteiger partial charge in [0.05, 0.1) is 35.0 Å². The van der Waals surface area contributed by atoms with E-state index in [0.717, 1.165) is 27.2 Å². The van der Waals surface area contributed by atoms with E-state index in [2.05, 4.69) is 72.1 Å². The molecule has 0 saturated carbocycles. The maximum Gasteiger partial charge on any atom is 0.408 e. The van der Waals surface area contributed by atoms with Gasteiger partial charge in [0.2, 0.25) is 11.9 Å². The number of esters is 2. The van der Waals surface area contributed by atoms with Crippen molar-refractivity contribution in [3.8, 4) is 0 Å². The number of nitrogens with one attached hydrogen (secondary N) is 2. The number of fused-ring (bicyclic) bond motifs is 3. The molecule has 0 aliphatic carbocycles. The van der Waals surface area contributed by atoms with Gasteiger partial charge in [-0.1, -0.05) is 91.9 Å². The predicted molar refractivity (Wildman–Crippen MR) is 285 cm³/mol. The summed E-state index contributed by atoms with van der Waals surface area (Å²) in [6, 6.07) is -2.17. The number of ether oxygens (including phenoxy) is 6. The Labute approximate surface area is 454 Å². The van der Waals surface area contributed by atoms with Crippen LogP contribution in [0.25, 0.3) is 20.7 Å². The molecule has 4 aromatic rings. The third kappa shape index (κ3) is 13.4. The van der Waals surface area contributed by atoms with Crippen LogP contribution in [-0.2, 0) is 46.9 Å². The summed E-state index contributed by atoms with van der Waals surface area (Å²) < 4.78 is 51.3. The number of aliphatic hydroxyl groups is 2. The van der Waals surface area contributed by atoms with Crippen LogP contribution >= 0.6 is 22.7 Å². The number of aliphatic hydroxyl groups excluding tert-OH is 2. The molecule has 29 heteroatoms. The first kappa shape index (κ1) is 60.8. The lowest BCUT2D eigenvalue weighted by molar-refractivity contribution is -0.163. The van der Waals surface area contributed by atoms with Gasteiger partial charge in [0.25, 0.3) is 0 Å². The van der Waals surface area contributed by atoms with Crippen molar-refractivity contribution in [3.05, 3.63) is 31.7 Å². The topological polar surface area (TPSA) is 354 Å². The summed E-state index contributed by atoms with van der Waals surface area (Å²) in [7, 11) is -3.05. The number of thiazole rings is 2. The zero-order valence-electron chi connectivity index (χ0n) is 46.3. The number of nitrogens with zero attached hydrogens (tertiary/aromatic N) is 6. The van der Waals surface area contributed by atoms with Crippen LogP contribution < -0.4 is 31.8 Å². The van der Waals surface area contributed by atoms with E-state index in [1.54, 1.807) is 69.2 Å². The first-order valence-electron chi connectivity index (χ1n) is 25.1. The number of aromatic nitrogens is 6. The molecule has 2 amide bonds. The van der Waals surface area contributed by atoms with Crippen LogP contribution in [0.4, 0.5) is 21.5 Å². The summed E-state index contributed by atoms with van der Waals surface area (Å²) in [6.07, 6.45) is -7.61. The Bertz CT molecular complexity index is 2910. The van der Waals surface area contributed by atoms with E-state index in [-0.39, 0.29) is 50.7 Å². The number of nitrogen functional groups attached to an aromatic ring is 2. The van der Waals surface area contributed by atoms with Crippen LogP contribution in [0.1, 0.15) is 123 Å². The van der Waals surface area contributed by atoms with Crippen molar-refractivity contribution in [1.29, 1.82) is 0 Å². The van der Waals surface area contributed by atoms with Gasteiger partial charge in [-0.05, 0) is 53.4 Å². The van der Waals surface area contributed by atoms with Gasteiger partial charge in [0, 0.05) is 10.1 Å². The number of carbonyl (C=O) groups excluding carboxylic acids is 4. The average Bonchev–Trinajstić information content (AvgIpc) is 4.00. The van der Waals surface area contributed by atoms with Crippen LogP contribution in [0.2, 0.25) is 10.1 Å². The normalized spacial score (nSPS) is 24.4. The summed E-state index contributed by atoms with van der Waals surface area (Å²) in [5.41, 5.74) is 10.4. The molecule has 428 valence electrons. The fourth-order valence-corrected chi connectivity index (χ4v) is 15.9. The fourth-order valence-electron chi connectivity index (χ4n) is 9.29. The van der Waals surface area contributed by atoms with Gasteiger partial charge in [-0.15, -0.1) is 0 Å². The molecule has 3 saturated heterocycles. The molecule has 3 aliphatic rings. The molecule has 7 rings (SSSR count). The quantitative estimate of drug-likeness (QED) is 0.0688. The lowest BCUT2D eigenvalue weighted by Gasteiger charge is -2.53. The first-order chi connectivity index (χ1) is 35.5. The van der Waals surface area contributed by atoms with Crippen LogP contribution in [0.3, 0.4) is 0 Å². The third-order valence-corrected chi connectivity index (χ3v) is 19.3. The van der Waals surface area contributed by atoms with Gasteiger partial charge in [-0.25, -0.2) is 29.1 Å². The summed E-state index contributed by atoms with van der Waals surface area (Å²) in [5.74, 6) is -2.44. The van der Waals surface area contributed by atoms with Crippen LogP contribution in [0.5, 0.6) is 0 Å². The Morgan fingerprint density at radius 2 is 1.14 bits per heavy atom. The van der Waals surface area contributed by atoms with Crippen LogP contribution in [0.15, 0.2) is 22.0 Å². The molecule has 77 heavy (non-hydrogen) atoms. The van der Waals surface area contributed by atoms with Gasteiger partial charge in [0.1, 0.15) is 47.7 Å². The van der Waals surface area contributed by atoms with Crippen molar-refractivity contribution in [3.63, 3.8) is 0 Å².